The van der Waals surface area contributed by atoms with Crippen molar-refractivity contribution in [2.24, 2.45) is 5.73 Å². The highest BCUT2D eigenvalue weighted by atomic mass is 19.1. The van der Waals surface area contributed by atoms with Gasteiger partial charge < -0.3 is 15.8 Å². The molecule has 3 N–H and O–H groups in total. The molecule has 0 saturated carbocycles. The third-order valence-corrected chi connectivity index (χ3v) is 3.22. The molecule has 5 heteroatoms. The van der Waals surface area contributed by atoms with Crippen molar-refractivity contribution in [2.45, 2.75) is 52.2 Å². The predicted octanol–water partition coefficient (Wildman–Crippen LogP) is 2.92. The van der Waals surface area contributed by atoms with E-state index in [1.807, 2.05) is 0 Å². The first-order chi connectivity index (χ1) is 9.95. The third-order valence-electron chi connectivity index (χ3n) is 3.22. The van der Waals surface area contributed by atoms with Crippen LogP contribution in [0.25, 0.3) is 0 Å². The van der Waals surface area contributed by atoms with Gasteiger partial charge in [0.25, 0.3) is 5.91 Å². The number of rotatable bonds is 8. The Hall–Kier alpha value is -1.62. The Morgan fingerprint density at radius 1 is 1.38 bits per heavy atom. The van der Waals surface area contributed by atoms with Gasteiger partial charge in [0.1, 0.15) is 11.6 Å². The van der Waals surface area contributed by atoms with E-state index in [1.165, 1.54) is 6.07 Å². The van der Waals surface area contributed by atoms with E-state index in [2.05, 4.69) is 12.2 Å². The second-order valence-corrected chi connectivity index (χ2v) is 5.23. The minimum atomic E-state index is -0.660. The van der Waals surface area contributed by atoms with Gasteiger partial charge in [-0.1, -0.05) is 25.8 Å². The fourth-order valence-corrected chi connectivity index (χ4v) is 1.94. The zero-order chi connectivity index (χ0) is 15.8. The van der Waals surface area contributed by atoms with Crippen LogP contribution in [0.3, 0.4) is 0 Å². The van der Waals surface area contributed by atoms with Gasteiger partial charge in [-0.05, 0) is 26.3 Å². The van der Waals surface area contributed by atoms with Crippen LogP contribution >= 0.6 is 0 Å². The van der Waals surface area contributed by atoms with E-state index in [0.717, 1.165) is 19.3 Å². The number of amides is 1. The summed E-state index contributed by atoms with van der Waals surface area (Å²) in [7, 11) is 0. The summed E-state index contributed by atoms with van der Waals surface area (Å²) in [5, 5.41) is 2.80. The number of ether oxygens (including phenoxy) is 1. The average molecular weight is 296 g/mol. The molecule has 0 saturated heterocycles. The Bertz CT molecular complexity index is 464. The van der Waals surface area contributed by atoms with E-state index in [0.29, 0.717) is 17.9 Å². The quantitative estimate of drug-likeness (QED) is 0.725. The van der Waals surface area contributed by atoms with E-state index >= 15 is 0 Å². The molecule has 4 nitrogen and oxygen atoms in total. The van der Waals surface area contributed by atoms with Crippen LogP contribution in [0.15, 0.2) is 18.2 Å². The first-order valence-electron chi connectivity index (χ1n) is 7.45. The average Bonchev–Trinajstić information content (AvgIpc) is 2.43. The Labute approximate surface area is 125 Å². The van der Waals surface area contributed by atoms with E-state index < -0.39 is 11.9 Å². The topological polar surface area (TPSA) is 64.3 Å². The van der Waals surface area contributed by atoms with Crippen molar-refractivity contribution in [1.82, 2.24) is 5.32 Å². The van der Waals surface area contributed by atoms with E-state index in [1.54, 1.807) is 26.0 Å². The molecule has 0 heterocycles. The van der Waals surface area contributed by atoms with Gasteiger partial charge in [-0.15, -0.1) is 0 Å². The Balaban J connectivity index is 2.52. The number of carbonyl (C=O) groups is 1. The molecule has 0 aliphatic heterocycles. The second kappa shape index (κ2) is 8.62. The molecule has 0 spiro atoms. The van der Waals surface area contributed by atoms with Crippen molar-refractivity contribution in [1.29, 1.82) is 0 Å². The van der Waals surface area contributed by atoms with Crippen molar-refractivity contribution in [3.8, 4) is 5.75 Å². The van der Waals surface area contributed by atoms with Crippen LogP contribution in [0.1, 0.15) is 51.6 Å². The smallest absolute Gasteiger partial charge is 0.260 e. The maximum atomic E-state index is 13.8. The van der Waals surface area contributed by atoms with Crippen molar-refractivity contribution in [2.75, 3.05) is 6.54 Å². The number of hydrogen-bond acceptors (Lipinski definition) is 3. The van der Waals surface area contributed by atoms with E-state index in [4.69, 9.17) is 10.5 Å². The molecule has 0 aliphatic carbocycles. The molecular formula is C16H25FN2O2. The number of nitrogens with two attached hydrogens (primary N) is 1. The number of halogens is 1. The molecule has 0 aliphatic rings. The number of carbonyl (C=O) groups excluding carboxylic acids is 1. The van der Waals surface area contributed by atoms with Crippen LogP contribution < -0.4 is 15.8 Å². The number of benzene rings is 1. The standard InChI is InChI=1S/C16H25FN2O2/c1-4-5-6-9-19-16(20)12(3)21-13-7-8-14(11(2)18)15(17)10-13/h7-8,10-12H,4-6,9,18H2,1-3H3,(H,19,20)/t11-,12?/m1/s1. The fraction of sp³-hybridized carbons (Fsp3) is 0.562. The summed E-state index contributed by atoms with van der Waals surface area (Å²) in [4.78, 5) is 11.8. The third kappa shape index (κ3) is 5.71. The van der Waals surface area contributed by atoms with Gasteiger partial charge in [-0.2, -0.15) is 0 Å². The molecule has 1 rings (SSSR count). The van der Waals surface area contributed by atoms with Gasteiger partial charge >= 0.3 is 0 Å². The molecule has 118 valence electrons. The minimum Gasteiger partial charge on any atom is -0.481 e. The van der Waals surface area contributed by atoms with Gasteiger partial charge in [0.2, 0.25) is 0 Å². The zero-order valence-corrected chi connectivity index (χ0v) is 13.0. The fourth-order valence-electron chi connectivity index (χ4n) is 1.94. The van der Waals surface area contributed by atoms with Crippen molar-refractivity contribution < 1.29 is 13.9 Å². The summed E-state index contributed by atoms with van der Waals surface area (Å²) >= 11 is 0. The number of unbranched alkanes of at least 4 members (excludes halogenated alkanes) is 2. The van der Waals surface area contributed by atoms with E-state index in [9.17, 15) is 9.18 Å². The molecule has 0 bridgehead atoms. The molecule has 0 fully saturated rings. The SMILES string of the molecule is CCCCCNC(=O)C(C)Oc1ccc([C@@H](C)N)c(F)c1. The van der Waals surface area contributed by atoms with Crippen molar-refractivity contribution >= 4 is 5.91 Å². The highest BCUT2D eigenvalue weighted by molar-refractivity contribution is 5.80. The number of nitrogens with one attached hydrogen (secondary N) is 1. The zero-order valence-electron chi connectivity index (χ0n) is 13.0. The molecule has 1 aromatic rings. The predicted molar refractivity (Wildman–Crippen MR) is 81.6 cm³/mol. The van der Waals surface area contributed by atoms with Gasteiger partial charge in [0.15, 0.2) is 6.10 Å². The Morgan fingerprint density at radius 3 is 2.67 bits per heavy atom. The van der Waals surface area contributed by atoms with Gasteiger partial charge in [-0.25, -0.2) is 4.39 Å². The lowest BCUT2D eigenvalue weighted by Gasteiger charge is -2.16. The van der Waals surface area contributed by atoms with Crippen molar-refractivity contribution in [3.05, 3.63) is 29.6 Å². The largest absolute Gasteiger partial charge is 0.481 e. The monoisotopic (exact) mass is 296 g/mol. The second-order valence-electron chi connectivity index (χ2n) is 5.23. The lowest BCUT2D eigenvalue weighted by Crippen LogP contribution is -2.36. The highest BCUT2D eigenvalue weighted by Crippen LogP contribution is 2.21. The lowest BCUT2D eigenvalue weighted by atomic mass is 10.1. The molecule has 1 aromatic carbocycles. The summed E-state index contributed by atoms with van der Waals surface area (Å²) < 4.78 is 19.2. The maximum absolute atomic E-state index is 13.8. The summed E-state index contributed by atoms with van der Waals surface area (Å²) in [5.41, 5.74) is 6.08. The summed E-state index contributed by atoms with van der Waals surface area (Å²) in [6.45, 7) is 6.10. The first kappa shape index (κ1) is 17.4. The van der Waals surface area contributed by atoms with Crippen LogP contribution in [0.2, 0.25) is 0 Å². The van der Waals surface area contributed by atoms with E-state index in [-0.39, 0.29) is 11.9 Å². The molecule has 21 heavy (non-hydrogen) atoms. The lowest BCUT2D eigenvalue weighted by molar-refractivity contribution is -0.127. The maximum Gasteiger partial charge on any atom is 0.260 e. The molecular weight excluding hydrogens is 271 g/mol. The molecule has 1 unspecified atom stereocenters. The molecule has 0 aromatic heterocycles. The Kier molecular flexibility index (Phi) is 7.15. The Morgan fingerprint density at radius 2 is 2.10 bits per heavy atom. The summed E-state index contributed by atoms with van der Waals surface area (Å²) in [5.74, 6) is -0.283. The van der Waals surface area contributed by atoms with Gasteiger partial charge in [0, 0.05) is 24.2 Å². The summed E-state index contributed by atoms with van der Waals surface area (Å²) in [6, 6.07) is 4.10. The highest BCUT2D eigenvalue weighted by Gasteiger charge is 2.15. The minimum absolute atomic E-state index is 0.192. The molecule has 1 amide bonds. The van der Waals surface area contributed by atoms with Crippen LogP contribution in [-0.4, -0.2) is 18.6 Å². The molecule has 2 atom stereocenters. The van der Waals surface area contributed by atoms with Gasteiger partial charge in [0.05, 0.1) is 0 Å². The normalized spacial score (nSPS) is 13.6. The van der Waals surface area contributed by atoms with Crippen LogP contribution in [0.5, 0.6) is 5.75 Å². The molecule has 0 radical (unpaired) electrons. The summed E-state index contributed by atoms with van der Waals surface area (Å²) in [6.07, 6.45) is 2.48. The number of hydrogen-bond donors (Lipinski definition) is 2. The van der Waals surface area contributed by atoms with Crippen LogP contribution in [0.4, 0.5) is 4.39 Å². The van der Waals surface area contributed by atoms with Crippen LogP contribution in [-0.2, 0) is 4.79 Å². The van der Waals surface area contributed by atoms with Crippen molar-refractivity contribution in [3.63, 3.8) is 0 Å². The first-order valence-corrected chi connectivity index (χ1v) is 7.45. The van der Waals surface area contributed by atoms with Gasteiger partial charge in [-0.3, -0.25) is 4.79 Å². The van der Waals surface area contributed by atoms with Crippen LogP contribution in [0, 0.1) is 5.82 Å².